The minimum atomic E-state index is -0.574. The molecule has 0 N–H and O–H groups in total. The molecule has 118 valence electrons. The van der Waals surface area contributed by atoms with Crippen molar-refractivity contribution in [2.75, 3.05) is 13.7 Å². The van der Waals surface area contributed by atoms with Crippen molar-refractivity contribution in [3.8, 4) is 5.75 Å². The minimum Gasteiger partial charge on any atom is -0.494 e. The van der Waals surface area contributed by atoms with Gasteiger partial charge in [0.05, 0.1) is 23.8 Å². The van der Waals surface area contributed by atoms with Crippen molar-refractivity contribution >= 4 is 41.6 Å². The molecule has 2 aromatic rings. The lowest BCUT2D eigenvalue weighted by Gasteiger charge is -2.11. The van der Waals surface area contributed by atoms with E-state index in [9.17, 15) is 4.79 Å². The number of esters is 1. The molecule has 1 aromatic heterocycles. The van der Waals surface area contributed by atoms with Crippen molar-refractivity contribution in [1.82, 2.24) is 4.98 Å². The molecule has 7 heteroatoms. The van der Waals surface area contributed by atoms with Crippen LogP contribution in [-0.2, 0) is 11.2 Å². The van der Waals surface area contributed by atoms with Crippen molar-refractivity contribution in [2.24, 2.45) is 0 Å². The zero-order valence-electron chi connectivity index (χ0n) is 11.7. The molecule has 0 fully saturated rings. The van der Waals surface area contributed by atoms with Crippen LogP contribution >= 0.6 is 35.6 Å². The van der Waals surface area contributed by atoms with Crippen molar-refractivity contribution in [3.63, 3.8) is 0 Å². The van der Waals surface area contributed by atoms with Gasteiger partial charge in [0.15, 0.2) is 5.75 Å². The van der Waals surface area contributed by atoms with Gasteiger partial charge in [-0.3, -0.25) is 4.98 Å². The lowest BCUT2D eigenvalue weighted by atomic mass is 10.2. The van der Waals surface area contributed by atoms with Crippen LogP contribution in [0.4, 0.5) is 0 Å². The summed E-state index contributed by atoms with van der Waals surface area (Å²) >= 11 is 12.0. The molecule has 0 bridgehead atoms. The summed E-state index contributed by atoms with van der Waals surface area (Å²) in [7, 11) is 1.42. The Kier molecular flexibility index (Phi) is 7.45. The van der Waals surface area contributed by atoms with Gasteiger partial charge in [0.25, 0.3) is 0 Å². The Hall–Kier alpha value is -1.49. The predicted octanol–water partition coefficient (Wildman–Crippen LogP) is 4.22. The Morgan fingerprint density at radius 2 is 1.91 bits per heavy atom. The first-order valence-corrected chi connectivity index (χ1v) is 6.98. The molecule has 22 heavy (non-hydrogen) atoms. The predicted molar refractivity (Wildman–Crippen MR) is 88.5 cm³/mol. The van der Waals surface area contributed by atoms with E-state index in [4.69, 9.17) is 32.7 Å². The van der Waals surface area contributed by atoms with Crippen LogP contribution in [0.15, 0.2) is 36.5 Å². The van der Waals surface area contributed by atoms with Gasteiger partial charge in [0, 0.05) is 18.3 Å². The third-order valence-corrected chi connectivity index (χ3v) is 3.40. The fourth-order valence-electron chi connectivity index (χ4n) is 1.79. The highest BCUT2D eigenvalue weighted by atomic mass is 35.5. The summed E-state index contributed by atoms with van der Waals surface area (Å²) in [6.45, 7) is 0.196. The molecule has 0 amide bonds. The molecule has 2 rings (SSSR count). The SMILES string of the molecule is COc1c(Cl)ccc(Cl)c1C(=O)OCCc1ccccn1.Cl. The quantitative estimate of drug-likeness (QED) is 0.747. The topological polar surface area (TPSA) is 48.4 Å². The maximum Gasteiger partial charge on any atom is 0.343 e. The van der Waals surface area contributed by atoms with Gasteiger partial charge in [0.1, 0.15) is 5.56 Å². The van der Waals surface area contributed by atoms with E-state index in [1.807, 2.05) is 18.2 Å². The van der Waals surface area contributed by atoms with E-state index in [-0.39, 0.29) is 35.3 Å². The number of ether oxygens (including phenoxy) is 2. The molecule has 0 unspecified atom stereocenters. The average molecular weight is 363 g/mol. The summed E-state index contributed by atoms with van der Waals surface area (Å²) in [5.74, 6) is -0.359. The first-order chi connectivity index (χ1) is 10.1. The van der Waals surface area contributed by atoms with E-state index in [0.29, 0.717) is 11.4 Å². The van der Waals surface area contributed by atoms with E-state index in [2.05, 4.69) is 4.98 Å². The first-order valence-electron chi connectivity index (χ1n) is 6.22. The molecule has 0 saturated heterocycles. The summed E-state index contributed by atoms with van der Waals surface area (Å²) < 4.78 is 10.3. The van der Waals surface area contributed by atoms with Crippen molar-refractivity contribution in [2.45, 2.75) is 6.42 Å². The van der Waals surface area contributed by atoms with Crippen molar-refractivity contribution < 1.29 is 14.3 Å². The van der Waals surface area contributed by atoms with Crippen LogP contribution in [0.5, 0.6) is 5.75 Å². The number of rotatable bonds is 5. The second-order valence-electron chi connectivity index (χ2n) is 4.14. The second-order valence-corrected chi connectivity index (χ2v) is 4.96. The van der Waals surface area contributed by atoms with Crippen LogP contribution in [0.25, 0.3) is 0 Å². The van der Waals surface area contributed by atoms with Gasteiger partial charge in [-0.15, -0.1) is 12.4 Å². The van der Waals surface area contributed by atoms with E-state index in [0.717, 1.165) is 5.69 Å². The summed E-state index contributed by atoms with van der Waals surface area (Å²) in [4.78, 5) is 16.3. The highest BCUT2D eigenvalue weighted by molar-refractivity contribution is 6.37. The van der Waals surface area contributed by atoms with Crippen LogP contribution in [0.1, 0.15) is 16.1 Å². The van der Waals surface area contributed by atoms with E-state index in [1.165, 1.54) is 13.2 Å². The number of nitrogens with zero attached hydrogens (tertiary/aromatic N) is 1. The number of hydrogen-bond acceptors (Lipinski definition) is 4. The maximum atomic E-state index is 12.1. The molecular weight excluding hydrogens is 349 g/mol. The standard InChI is InChI=1S/C15H13Cl2NO3.ClH/c1-20-14-12(17)6-5-11(16)13(14)15(19)21-9-7-10-4-2-3-8-18-10;/h2-6,8H,7,9H2,1H3;1H. The maximum absolute atomic E-state index is 12.1. The third-order valence-electron chi connectivity index (χ3n) is 2.78. The highest BCUT2D eigenvalue weighted by Crippen LogP contribution is 2.34. The zero-order chi connectivity index (χ0) is 15.2. The molecule has 4 nitrogen and oxygen atoms in total. The Bertz CT molecular complexity index is 635. The Morgan fingerprint density at radius 1 is 1.18 bits per heavy atom. The molecule has 1 aromatic carbocycles. The van der Waals surface area contributed by atoms with Gasteiger partial charge in [0.2, 0.25) is 0 Å². The van der Waals surface area contributed by atoms with Crippen LogP contribution in [0.2, 0.25) is 10.0 Å². The van der Waals surface area contributed by atoms with Crippen LogP contribution in [0.3, 0.4) is 0 Å². The number of halogens is 3. The van der Waals surface area contributed by atoms with E-state index in [1.54, 1.807) is 12.3 Å². The van der Waals surface area contributed by atoms with Crippen LogP contribution in [0, 0.1) is 0 Å². The highest BCUT2D eigenvalue weighted by Gasteiger charge is 2.20. The third kappa shape index (κ3) is 4.50. The van der Waals surface area contributed by atoms with E-state index < -0.39 is 5.97 Å². The first kappa shape index (κ1) is 18.6. The number of pyridine rings is 1. The number of carbonyl (C=O) groups is 1. The largest absolute Gasteiger partial charge is 0.494 e. The average Bonchev–Trinajstić information content (AvgIpc) is 2.50. The smallest absolute Gasteiger partial charge is 0.343 e. The Labute approximate surface area is 144 Å². The Morgan fingerprint density at radius 3 is 2.55 bits per heavy atom. The Balaban J connectivity index is 0.00000242. The molecule has 0 aliphatic carbocycles. The number of benzene rings is 1. The van der Waals surface area contributed by atoms with E-state index >= 15 is 0 Å². The van der Waals surface area contributed by atoms with Crippen molar-refractivity contribution in [1.29, 1.82) is 0 Å². The van der Waals surface area contributed by atoms with Crippen LogP contribution in [-0.4, -0.2) is 24.7 Å². The van der Waals surface area contributed by atoms with Crippen molar-refractivity contribution in [3.05, 3.63) is 57.8 Å². The number of aromatic nitrogens is 1. The molecule has 0 atom stereocenters. The molecule has 0 radical (unpaired) electrons. The summed E-state index contributed by atoms with van der Waals surface area (Å²) in [5, 5.41) is 0.540. The van der Waals surface area contributed by atoms with Crippen LogP contribution < -0.4 is 4.74 Å². The second kappa shape index (κ2) is 8.83. The molecule has 0 aliphatic heterocycles. The molecule has 0 aliphatic rings. The molecular formula is C15H14Cl3NO3. The monoisotopic (exact) mass is 361 g/mol. The van der Waals surface area contributed by atoms with Gasteiger partial charge in [-0.05, 0) is 24.3 Å². The number of carbonyl (C=O) groups excluding carboxylic acids is 1. The summed E-state index contributed by atoms with van der Waals surface area (Å²) in [6, 6.07) is 8.66. The number of methoxy groups -OCH3 is 1. The van der Waals surface area contributed by atoms with Gasteiger partial charge in [-0.2, -0.15) is 0 Å². The molecule has 1 heterocycles. The van der Waals surface area contributed by atoms with Gasteiger partial charge < -0.3 is 9.47 Å². The lowest BCUT2D eigenvalue weighted by molar-refractivity contribution is 0.0505. The molecule has 0 saturated carbocycles. The summed E-state index contributed by atoms with van der Waals surface area (Å²) in [5.41, 5.74) is 0.974. The minimum absolute atomic E-state index is 0. The normalized spacial score (nSPS) is 9.77. The molecule has 0 spiro atoms. The summed E-state index contributed by atoms with van der Waals surface area (Å²) in [6.07, 6.45) is 2.21. The number of hydrogen-bond donors (Lipinski definition) is 0. The van der Waals surface area contributed by atoms with Gasteiger partial charge >= 0.3 is 5.97 Å². The van der Waals surface area contributed by atoms with Gasteiger partial charge in [-0.1, -0.05) is 29.3 Å². The fraction of sp³-hybridized carbons (Fsp3) is 0.200. The fourth-order valence-corrected chi connectivity index (χ4v) is 2.25. The zero-order valence-corrected chi connectivity index (χ0v) is 14.0. The lowest BCUT2D eigenvalue weighted by Crippen LogP contribution is -2.11. The van der Waals surface area contributed by atoms with Gasteiger partial charge in [-0.25, -0.2) is 4.79 Å².